The second-order valence-electron chi connectivity index (χ2n) is 6.04. The fourth-order valence-electron chi connectivity index (χ4n) is 3.79. The van der Waals surface area contributed by atoms with Gasteiger partial charge in [0.05, 0.1) is 10.7 Å². The highest BCUT2D eigenvalue weighted by Crippen LogP contribution is 2.46. The van der Waals surface area contributed by atoms with Crippen molar-refractivity contribution in [1.82, 2.24) is 10.3 Å². The molecule has 0 unspecified atom stereocenters. The van der Waals surface area contributed by atoms with Gasteiger partial charge in [-0.1, -0.05) is 6.42 Å². The zero-order chi connectivity index (χ0) is 13.3. The zero-order valence-corrected chi connectivity index (χ0v) is 12.8. The van der Waals surface area contributed by atoms with Gasteiger partial charge in [0.15, 0.2) is 0 Å². The minimum Gasteiger partial charge on any atom is -0.381 e. The number of aromatic nitrogens is 1. The maximum absolute atomic E-state index is 5.55. The molecular weight excluding hydrogens is 256 g/mol. The summed E-state index contributed by atoms with van der Waals surface area (Å²) in [6.07, 6.45) is 6.54. The maximum atomic E-state index is 5.55. The van der Waals surface area contributed by atoms with Gasteiger partial charge in [-0.05, 0) is 44.9 Å². The molecule has 4 heteroatoms. The van der Waals surface area contributed by atoms with Crippen molar-refractivity contribution in [3.05, 3.63) is 15.6 Å². The second kappa shape index (κ2) is 5.51. The molecule has 1 saturated carbocycles. The van der Waals surface area contributed by atoms with E-state index in [2.05, 4.69) is 24.1 Å². The third kappa shape index (κ3) is 2.71. The second-order valence-corrected chi connectivity index (χ2v) is 7.44. The molecule has 1 spiro atoms. The number of ether oxygens (including phenoxy) is 1. The average molecular weight is 280 g/mol. The molecule has 3 nitrogen and oxygen atoms in total. The number of nitrogens with one attached hydrogen (secondary N) is 1. The molecule has 1 saturated heterocycles. The first-order chi connectivity index (χ1) is 9.20. The number of hydrogen-bond acceptors (Lipinski definition) is 4. The Hall–Kier alpha value is -0.450. The molecule has 106 valence electrons. The van der Waals surface area contributed by atoms with Crippen LogP contribution in [-0.4, -0.2) is 24.2 Å². The predicted molar refractivity (Wildman–Crippen MR) is 78.6 cm³/mol. The van der Waals surface area contributed by atoms with Crippen LogP contribution < -0.4 is 5.32 Å². The minimum absolute atomic E-state index is 0.511. The Bertz CT molecular complexity index is 437. The Morgan fingerprint density at radius 2 is 2.11 bits per heavy atom. The Morgan fingerprint density at radius 1 is 1.32 bits per heavy atom. The molecule has 1 aliphatic heterocycles. The van der Waals surface area contributed by atoms with Gasteiger partial charge in [-0.3, -0.25) is 0 Å². The molecule has 0 aromatic carbocycles. The van der Waals surface area contributed by atoms with Crippen LogP contribution in [0.1, 0.15) is 47.7 Å². The zero-order valence-electron chi connectivity index (χ0n) is 12.0. The highest BCUT2D eigenvalue weighted by Gasteiger charge is 2.43. The van der Waals surface area contributed by atoms with E-state index in [-0.39, 0.29) is 0 Å². The van der Waals surface area contributed by atoms with Gasteiger partial charge in [0.1, 0.15) is 0 Å². The van der Waals surface area contributed by atoms with Crippen molar-refractivity contribution in [2.75, 3.05) is 13.2 Å². The van der Waals surface area contributed by atoms with Gasteiger partial charge in [0, 0.05) is 30.7 Å². The summed E-state index contributed by atoms with van der Waals surface area (Å²) in [6, 6.07) is 0.665. The third-order valence-corrected chi connectivity index (χ3v) is 5.84. The summed E-state index contributed by atoms with van der Waals surface area (Å²) in [6.45, 7) is 7.11. The molecule has 2 heterocycles. The van der Waals surface area contributed by atoms with E-state index in [4.69, 9.17) is 4.74 Å². The lowest BCUT2D eigenvalue weighted by molar-refractivity contribution is 0.00410. The highest BCUT2D eigenvalue weighted by molar-refractivity contribution is 7.11. The molecule has 1 N–H and O–H groups in total. The molecule has 2 fully saturated rings. The lowest BCUT2D eigenvalue weighted by atomic mass is 9.75. The van der Waals surface area contributed by atoms with Gasteiger partial charge < -0.3 is 10.1 Å². The number of hydrogen-bond donors (Lipinski definition) is 1. The summed E-state index contributed by atoms with van der Waals surface area (Å²) in [7, 11) is 0. The summed E-state index contributed by atoms with van der Waals surface area (Å²) >= 11 is 1.81. The first-order valence-corrected chi connectivity index (χ1v) is 8.25. The van der Waals surface area contributed by atoms with Crippen LogP contribution in [0.5, 0.6) is 0 Å². The smallest absolute Gasteiger partial charge is 0.0900 e. The summed E-state index contributed by atoms with van der Waals surface area (Å²) < 4.78 is 5.55. The van der Waals surface area contributed by atoms with Gasteiger partial charge in [0.25, 0.3) is 0 Å². The van der Waals surface area contributed by atoms with Crippen LogP contribution in [0.25, 0.3) is 0 Å². The fraction of sp³-hybridized carbons (Fsp3) is 0.800. The molecule has 19 heavy (non-hydrogen) atoms. The Balaban J connectivity index is 1.64. The van der Waals surface area contributed by atoms with Crippen LogP contribution >= 0.6 is 11.3 Å². The van der Waals surface area contributed by atoms with Crippen LogP contribution in [0.15, 0.2) is 0 Å². The third-order valence-electron chi connectivity index (χ3n) is 4.91. The van der Waals surface area contributed by atoms with E-state index in [1.807, 2.05) is 11.3 Å². The summed E-state index contributed by atoms with van der Waals surface area (Å²) in [5.41, 5.74) is 1.76. The van der Waals surface area contributed by atoms with Crippen LogP contribution in [0.2, 0.25) is 0 Å². The SMILES string of the molecule is Cc1nc(CN[C@@H]2CCCC23CCOCC3)c(C)s1. The van der Waals surface area contributed by atoms with E-state index in [1.54, 1.807) is 0 Å². The quantitative estimate of drug-likeness (QED) is 0.923. The molecular formula is C15H24N2OS. The Labute approximate surface area is 119 Å². The predicted octanol–water partition coefficient (Wildman–Crippen LogP) is 3.20. The monoisotopic (exact) mass is 280 g/mol. The minimum atomic E-state index is 0.511. The molecule has 3 rings (SSSR count). The van der Waals surface area contributed by atoms with Gasteiger partial charge in [-0.15, -0.1) is 11.3 Å². The normalized spacial score (nSPS) is 26.1. The average Bonchev–Trinajstić information content (AvgIpc) is 2.92. The van der Waals surface area contributed by atoms with E-state index in [0.717, 1.165) is 19.8 Å². The molecule has 1 aromatic heterocycles. The highest BCUT2D eigenvalue weighted by atomic mass is 32.1. The van der Waals surface area contributed by atoms with Crippen molar-refractivity contribution >= 4 is 11.3 Å². The van der Waals surface area contributed by atoms with E-state index >= 15 is 0 Å². The van der Waals surface area contributed by atoms with Crippen LogP contribution in [-0.2, 0) is 11.3 Å². The van der Waals surface area contributed by atoms with Crippen molar-refractivity contribution in [3.8, 4) is 0 Å². The first-order valence-electron chi connectivity index (χ1n) is 7.44. The Kier molecular flexibility index (Phi) is 3.92. The first kappa shape index (κ1) is 13.5. The summed E-state index contributed by atoms with van der Waals surface area (Å²) in [5.74, 6) is 0. The largest absolute Gasteiger partial charge is 0.381 e. The summed E-state index contributed by atoms with van der Waals surface area (Å²) in [4.78, 5) is 6.00. The number of nitrogens with zero attached hydrogens (tertiary/aromatic N) is 1. The van der Waals surface area contributed by atoms with Gasteiger partial charge >= 0.3 is 0 Å². The van der Waals surface area contributed by atoms with E-state index in [9.17, 15) is 0 Å². The van der Waals surface area contributed by atoms with Crippen LogP contribution in [0, 0.1) is 19.3 Å². The van der Waals surface area contributed by atoms with E-state index in [0.29, 0.717) is 11.5 Å². The number of rotatable bonds is 3. The van der Waals surface area contributed by atoms with E-state index in [1.165, 1.54) is 47.7 Å². The van der Waals surface area contributed by atoms with Gasteiger partial charge in [0.2, 0.25) is 0 Å². The van der Waals surface area contributed by atoms with Gasteiger partial charge in [-0.2, -0.15) is 0 Å². The molecule has 1 atom stereocenters. The van der Waals surface area contributed by atoms with Gasteiger partial charge in [-0.25, -0.2) is 4.98 Å². The fourth-order valence-corrected chi connectivity index (χ4v) is 4.62. The summed E-state index contributed by atoms with van der Waals surface area (Å²) in [5, 5.41) is 4.98. The van der Waals surface area contributed by atoms with E-state index < -0.39 is 0 Å². The topological polar surface area (TPSA) is 34.2 Å². The van der Waals surface area contributed by atoms with Crippen LogP contribution in [0.4, 0.5) is 0 Å². The molecule has 1 aliphatic carbocycles. The molecule has 2 aliphatic rings. The van der Waals surface area contributed by atoms with Crippen molar-refractivity contribution in [1.29, 1.82) is 0 Å². The standard InChI is InChI=1S/C15H24N2OS/c1-11-13(17-12(2)19-11)10-16-14-4-3-5-15(14)6-8-18-9-7-15/h14,16H,3-10H2,1-2H3/t14-/m1/s1. The van der Waals surface area contributed by atoms with Crippen molar-refractivity contribution in [2.24, 2.45) is 5.41 Å². The van der Waals surface area contributed by atoms with Crippen molar-refractivity contribution in [2.45, 2.75) is 58.5 Å². The Morgan fingerprint density at radius 3 is 2.79 bits per heavy atom. The molecule has 1 aromatic rings. The maximum Gasteiger partial charge on any atom is 0.0900 e. The lowest BCUT2D eigenvalue weighted by Crippen LogP contribution is -2.44. The molecule has 0 radical (unpaired) electrons. The lowest BCUT2D eigenvalue weighted by Gasteiger charge is -2.39. The van der Waals surface area contributed by atoms with Crippen LogP contribution in [0.3, 0.4) is 0 Å². The molecule has 0 amide bonds. The molecule has 0 bridgehead atoms. The number of thiazole rings is 1. The van der Waals surface area contributed by atoms with Crippen molar-refractivity contribution in [3.63, 3.8) is 0 Å². The number of aryl methyl sites for hydroxylation is 2. The van der Waals surface area contributed by atoms with Crippen molar-refractivity contribution < 1.29 is 4.74 Å².